The zero-order valence-corrected chi connectivity index (χ0v) is 25.7. The van der Waals surface area contributed by atoms with Crippen LogP contribution in [-0.4, -0.2) is 71.6 Å². The van der Waals surface area contributed by atoms with Gasteiger partial charge in [-0.1, -0.05) is 24.6 Å². The molecule has 0 radical (unpaired) electrons. The number of rotatable bonds is 7. The fourth-order valence-corrected chi connectivity index (χ4v) is 7.73. The fourth-order valence-electron chi connectivity index (χ4n) is 6.67. The van der Waals surface area contributed by atoms with E-state index in [-0.39, 0.29) is 12.0 Å². The van der Waals surface area contributed by atoms with E-state index in [1.165, 1.54) is 20.5 Å². The average molecular weight is 595 g/mol. The fraction of sp³-hybridized carbons (Fsp3) is 0.371. The van der Waals surface area contributed by atoms with Crippen LogP contribution in [0.25, 0.3) is 37.4 Å². The van der Waals surface area contributed by atoms with Gasteiger partial charge in [-0.2, -0.15) is 0 Å². The van der Waals surface area contributed by atoms with Gasteiger partial charge in [0.15, 0.2) is 0 Å². The molecule has 1 aliphatic carbocycles. The number of amides is 1. The molecule has 7 rings (SSSR count). The van der Waals surface area contributed by atoms with E-state index in [1.807, 2.05) is 23.5 Å². The van der Waals surface area contributed by atoms with Crippen LogP contribution < -0.4 is 4.74 Å². The number of pyridine rings is 1. The molecule has 1 amide bonds. The van der Waals surface area contributed by atoms with Gasteiger partial charge in [-0.3, -0.25) is 9.69 Å². The summed E-state index contributed by atoms with van der Waals surface area (Å²) in [6.07, 6.45) is 6.42. The van der Waals surface area contributed by atoms with Crippen molar-refractivity contribution in [1.82, 2.24) is 19.2 Å². The number of ether oxygens (including phenoxy) is 2. The number of thiophene rings is 1. The summed E-state index contributed by atoms with van der Waals surface area (Å²) in [6, 6.07) is 23.3. The summed E-state index contributed by atoms with van der Waals surface area (Å²) >= 11 is 1.82. The molecule has 43 heavy (non-hydrogen) atoms. The Morgan fingerprint density at radius 1 is 0.953 bits per heavy atom. The van der Waals surface area contributed by atoms with Gasteiger partial charge in [0, 0.05) is 72.7 Å². The molecule has 8 heteroatoms. The van der Waals surface area contributed by atoms with Gasteiger partial charge in [-0.15, -0.1) is 11.3 Å². The Balaban J connectivity index is 1.16. The first kappa shape index (κ1) is 28.1. The van der Waals surface area contributed by atoms with Crippen LogP contribution in [-0.2, 0) is 16.1 Å². The predicted octanol–water partition coefficient (Wildman–Crippen LogP) is 6.74. The third kappa shape index (κ3) is 5.67. The molecule has 222 valence electrons. The Kier molecular flexibility index (Phi) is 7.91. The van der Waals surface area contributed by atoms with Crippen molar-refractivity contribution in [2.45, 2.75) is 38.3 Å². The van der Waals surface area contributed by atoms with Crippen molar-refractivity contribution in [3.05, 3.63) is 78.6 Å². The second kappa shape index (κ2) is 12.1. The summed E-state index contributed by atoms with van der Waals surface area (Å²) in [5.74, 6) is 1.23. The van der Waals surface area contributed by atoms with Gasteiger partial charge in [-0.25, -0.2) is 4.98 Å². The molecule has 0 N–H and O–H groups in total. The quantitative estimate of drug-likeness (QED) is 0.209. The van der Waals surface area contributed by atoms with E-state index in [2.05, 4.69) is 75.0 Å². The number of fused-ring (bicyclic) bond motifs is 2. The second-order valence-corrected chi connectivity index (χ2v) is 12.8. The van der Waals surface area contributed by atoms with Crippen LogP contribution in [0.1, 0.15) is 31.4 Å². The maximum absolute atomic E-state index is 13.4. The normalized spacial score (nSPS) is 19.7. The van der Waals surface area contributed by atoms with Crippen molar-refractivity contribution < 1.29 is 14.3 Å². The third-order valence-electron chi connectivity index (χ3n) is 9.16. The number of imidazole rings is 1. The number of methoxy groups -OCH3 is 2. The number of nitrogens with zero attached hydrogens (tertiary/aromatic N) is 4. The standard InChI is InChI=1S/C35H38N4O3S/c1-41-28-13-10-24(11-14-28)34-30(23-37-16-18-38(19-17-37)35(40)26-7-5-8-29(20-26)42-2)39-22-27(12-15-33(39)36-34)32-21-25-6-3-4-9-31(25)43-32/h3-4,6,9-15,21-22,26,29H,5,7-8,16-20,23H2,1-2H3/t26-,29+/m1/s1. The highest BCUT2D eigenvalue weighted by molar-refractivity contribution is 7.22. The number of carbonyl (C=O) groups is 1. The molecule has 2 atom stereocenters. The minimum Gasteiger partial charge on any atom is -0.497 e. The van der Waals surface area contributed by atoms with E-state index in [4.69, 9.17) is 14.5 Å². The first-order valence-electron chi connectivity index (χ1n) is 15.3. The Bertz CT molecular complexity index is 1700. The topological polar surface area (TPSA) is 59.3 Å². The molecule has 0 bridgehead atoms. The van der Waals surface area contributed by atoms with Crippen molar-refractivity contribution in [2.75, 3.05) is 40.4 Å². The number of piperazine rings is 1. The summed E-state index contributed by atoms with van der Waals surface area (Å²) in [4.78, 5) is 24.3. The van der Waals surface area contributed by atoms with Crippen LogP contribution >= 0.6 is 11.3 Å². The zero-order valence-electron chi connectivity index (χ0n) is 24.9. The SMILES string of the molecule is COc1ccc(-c2nc3ccc(-c4cc5ccccc5s4)cn3c2CN2CCN(C(=O)[C@@H]3CCC[C@H](OC)C3)CC2)cc1. The van der Waals surface area contributed by atoms with Gasteiger partial charge < -0.3 is 18.8 Å². The number of aromatic nitrogens is 2. The Hall–Kier alpha value is -3.72. The highest BCUT2D eigenvalue weighted by Gasteiger charge is 2.32. The molecule has 2 aliphatic rings. The number of benzene rings is 2. The van der Waals surface area contributed by atoms with Crippen molar-refractivity contribution in [3.63, 3.8) is 0 Å². The van der Waals surface area contributed by atoms with Crippen LogP contribution in [0, 0.1) is 5.92 Å². The van der Waals surface area contributed by atoms with E-state index >= 15 is 0 Å². The lowest BCUT2D eigenvalue weighted by molar-refractivity contribution is -0.140. The number of hydrogen-bond donors (Lipinski definition) is 0. The maximum Gasteiger partial charge on any atom is 0.225 e. The Labute approximate surface area is 256 Å². The van der Waals surface area contributed by atoms with E-state index in [0.29, 0.717) is 5.91 Å². The minimum atomic E-state index is 0.0954. The first-order chi connectivity index (χ1) is 21.1. The van der Waals surface area contributed by atoms with Crippen molar-refractivity contribution in [2.24, 2.45) is 5.92 Å². The molecular formula is C35H38N4O3S. The lowest BCUT2D eigenvalue weighted by Gasteiger charge is -2.38. The highest BCUT2D eigenvalue weighted by atomic mass is 32.1. The molecule has 3 aromatic heterocycles. The predicted molar refractivity (Wildman–Crippen MR) is 173 cm³/mol. The molecule has 7 nitrogen and oxygen atoms in total. The summed E-state index contributed by atoms with van der Waals surface area (Å²) < 4.78 is 14.6. The summed E-state index contributed by atoms with van der Waals surface area (Å²) in [5.41, 5.74) is 5.35. The summed E-state index contributed by atoms with van der Waals surface area (Å²) in [7, 11) is 3.46. The summed E-state index contributed by atoms with van der Waals surface area (Å²) in [5, 5.41) is 1.27. The third-order valence-corrected chi connectivity index (χ3v) is 10.3. The number of hydrogen-bond acceptors (Lipinski definition) is 6. The first-order valence-corrected chi connectivity index (χ1v) is 16.1. The smallest absolute Gasteiger partial charge is 0.225 e. The van der Waals surface area contributed by atoms with Crippen LogP contribution in [0.2, 0.25) is 0 Å². The highest BCUT2D eigenvalue weighted by Crippen LogP contribution is 2.35. The van der Waals surface area contributed by atoms with Gasteiger partial charge >= 0.3 is 0 Å². The van der Waals surface area contributed by atoms with E-state index < -0.39 is 0 Å². The van der Waals surface area contributed by atoms with Crippen LogP contribution in [0.15, 0.2) is 72.9 Å². The van der Waals surface area contributed by atoms with E-state index in [0.717, 1.165) is 86.8 Å². The molecule has 5 aromatic rings. The number of carbonyl (C=O) groups excluding carboxylic acids is 1. The molecule has 4 heterocycles. The van der Waals surface area contributed by atoms with Gasteiger partial charge in [0.1, 0.15) is 11.4 Å². The zero-order chi connectivity index (χ0) is 29.3. The summed E-state index contributed by atoms with van der Waals surface area (Å²) in [6.45, 7) is 3.97. The van der Waals surface area contributed by atoms with Crippen LogP contribution in [0.4, 0.5) is 0 Å². The Morgan fingerprint density at radius 3 is 2.51 bits per heavy atom. The lowest BCUT2D eigenvalue weighted by atomic mass is 9.86. The second-order valence-electron chi connectivity index (χ2n) is 11.8. The average Bonchev–Trinajstić information content (AvgIpc) is 3.66. The maximum atomic E-state index is 13.4. The van der Waals surface area contributed by atoms with Gasteiger partial charge in [0.2, 0.25) is 5.91 Å². The molecule has 1 aliphatic heterocycles. The molecule has 1 saturated heterocycles. The molecule has 2 fully saturated rings. The monoisotopic (exact) mass is 594 g/mol. The molecule has 1 saturated carbocycles. The minimum absolute atomic E-state index is 0.0954. The lowest BCUT2D eigenvalue weighted by Crippen LogP contribution is -2.50. The van der Waals surface area contributed by atoms with Gasteiger partial charge in [-0.05, 0) is 73.2 Å². The van der Waals surface area contributed by atoms with Crippen LogP contribution in [0.3, 0.4) is 0 Å². The molecule has 0 spiro atoms. The van der Waals surface area contributed by atoms with Crippen molar-refractivity contribution in [3.8, 4) is 27.4 Å². The Morgan fingerprint density at radius 2 is 1.74 bits per heavy atom. The van der Waals surface area contributed by atoms with Crippen LogP contribution in [0.5, 0.6) is 5.75 Å². The van der Waals surface area contributed by atoms with Gasteiger partial charge in [0.25, 0.3) is 0 Å². The van der Waals surface area contributed by atoms with Gasteiger partial charge in [0.05, 0.1) is 24.6 Å². The largest absolute Gasteiger partial charge is 0.497 e. The molecule has 0 unspecified atom stereocenters. The molecule has 2 aromatic carbocycles. The molecular weight excluding hydrogens is 556 g/mol. The van der Waals surface area contributed by atoms with Crippen molar-refractivity contribution >= 4 is 33.0 Å². The van der Waals surface area contributed by atoms with Crippen molar-refractivity contribution in [1.29, 1.82) is 0 Å². The van der Waals surface area contributed by atoms with E-state index in [9.17, 15) is 4.79 Å². The van der Waals surface area contributed by atoms with E-state index in [1.54, 1.807) is 14.2 Å².